The van der Waals surface area contributed by atoms with Crippen LogP contribution >= 0.6 is 0 Å². The first-order chi connectivity index (χ1) is 12.4. The third-order valence-corrected chi connectivity index (χ3v) is 4.90. The second kappa shape index (κ2) is 5.77. The largest absolute Gasteiger partial charge is 0.324 e. The number of hydrogen-bond acceptors (Lipinski definition) is 2. The predicted octanol–water partition coefficient (Wildman–Crippen LogP) is 3.47. The second-order valence-corrected chi connectivity index (χ2v) is 7.71. The summed E-state index contributed by atoms with van der Waals surface area (Å²) in [4.78, 5) is 29.4. The average molecular weight is 344 g/mol. The van der Waals surface area contributed by atoms with E-state index in [9.17, 15) is 9.59 Å². The van der Waals surface area contributed by atoms with E-state index in [1.165, 1.54) is 5.56 Å². The number of aliphatic imine (C=N–C) groups is 1. The first-order valence-electron chi connectivity index (χ1n) is 8.70. The van der Waals surface area contributed by atoms with Crippen LogP contribution in [0.1, 0.15) is 37.5 Å². The number of nitrogens with one attached hydrogen (secondary N) is 1. The molecule has 26 heavy (non-hydrogen) atoms. The Balaban J connectivity index is 1.75. The molecular weight excluding hydrogens is 324 g/mol. The molecule has 0 aromatic heterocycles. The fourth-order valence-corrected chi connectivity index (χ4v) is 3.47. The van der Waals surface area contributed by atoms with E-state index >= 15 is 0 Å². The lowest BCUT2D eigenvalue weighted by molar-refractivity contribution is -0.121. The molecule has 0 saturated carbocycles. The van der Waals surface area contributed by atoms with Gasteiger partial charge in [-0.2, -0.15) is 0 Å². The number of hydrogen-bond donors (Lipinski definition) is 1. The van der Waals surface area contributed by atoms with Gasteiger partial charge in [-0.15, -0.1) is 0 Å². The predicted molar refractivity (Wildman–Crippen MR) is 102 cm³/mol. The van der Waals surface area contributed by atoms with E-state index in [1.807, 2.05) is 54.6 Å². The quantitative estimate of drug-likeness (QED) is 0.907. The molecule has 4 heteroatoms. The van der Waals surface area contributed by atoms with Gasteiger partial charge in [0.25, 0.3) is 5.91 Å². The summed E-state index contributed by atoms with van der Waals surface area (Å²) in [5.41, 5.74) is 4.45. The summed E-state index contributed by atoms with van der Waals surface area (Å²) in [5.74, 6) is -1.15. The second-order valence-electron chi connectivity index (χ2n) is 7.71. The molecule has 0 bridgehead atoms. The molecular formula is C22H20N2O2. The van der Waals surface area contributed by atoms with Crippen LogP contribution in [-0.2, 0) is 15.0 Å². The van der Waals surface area contributed by atoms with Gasteiger partial charge in [-0.05, 0) is 22.1 Å². The lowest BCUT2D eigenvalue weighted by Gasteiger charge is -2.19. The molecule has 0 saturated heterocycles. The van der Waals surface area contributed by atoms with Crippen molar-refractivity contribution in [1.29, 1.82) is 0 Å². The summed E-state index contributed by atoms with van der Waals surface area (Å²) in [6, 6.07) is 17.4. The van der Waals surface area contributed by atoms with Gasteiger partial charge in [0.1, 0.15) is 5.92 Å². The molecule has 2 aliphatic heterocycles. The number of carbonyl (C=O) groups excluding carboxylic acids is 2. The van der Waals surface area contributed by atoms with Crippen molar-refractivity contribution >= 4 is 23.2 Å². The highest BCUT2D eigenvalue weighted by Crippen LogP contribution is 2.36. The number of rotatable bonds is 2. The van der Waals surface area contributed by atoms with E-state index in [0.29, 0.717) is 17.0 Å². The molecule has 2 aromatic rings. The molecule has 130 valence electrons. The summed E-state index contributed by atoms with van der Waals surface area (Å²) in [7, 11) is 0. The minimum atomic E-state index is -0.627. The highest BCUT2D eigenvalue weighted by Gasteiger charge is 2.45. The topological polar surface area (TPSA) is 58.5 Å². The van der Waals surface area contributed by atoms with Crippen molar-refractivity contribution in [3.05, 3.63) is 76.9 Å². The fraction of sp³-hybridized carbons (Fsp3) is 0.227. The third kappa shape index (κ3) is 2.58. The zero-order valence-electron chi connectivity index (χ0n) is 15.0. The summed E-state index contributed by atoms with van der Waals surface area (Å²) in [6.07, 6.45) is 0. The van der Waals surface area contributed by atoms with Crippen molar-refractivity contribution in [1.82, 2.24) is 5.32 Å². The van der Waals surface area contributed by atoms with Crippen molar-refractivity contribution in [2.24, 2.45) is 10.9 Å². The molecule has 1 atom stereocenters. The van der Waals surface area contributed by atoms with Crippen LogP contribution in [0.25, 0.3) is 5.70 Å². The normalized spacial score (nSPS) is 19.5. The molecule has 2 aromatic carbocycles. The molecule has 4 rings (SSSR count). The van der Waals surface area contributed by atoms with E-state index in [-0.39, 0.29) is 17.2 Å². The Morgan fingerprint density at radius 2 is 1.54 bits per heavy atom. The standard InChI is InChI=1S/C22H20N2O2/c1-22(2,3)15-11-9-14(10-12-15)19-17-16(20(25)24-19)18(23-21(17)26)13-7-5-4-6-8-13/h4-12,17H,1-3H3,(H,23,26). The number of fused-ring (bicyclic) bond motifs is 1. The Hall–Kier alpha value is -3.01. The Morgan fingerprint density at radius 3 is 2.15 bits per heavy atom. The van der Waals surface area contributed by atoms with Gasteiger partial charge < -0.3 is 5.32 Å². The van der Waals surface area contributed by atoms with Gasteiger partial charge in [0.05, 0.1) is 17.0 Å². The molecule has 0 fully saturated rings. The minimum absolute atomic E-state index is 0.0438. The molecule has 1 N–H and O–H groups in total. The van der Waals surface area contributed by atoms with Gasteiger partial charge in [-0.3, -0.25) is 9.59 Å². The summed E-state index contributed by atoms with van der Waals surface area (Å²) < 4.78 is 0. The molecule has 2 aliphatic rings. The smallest absolute Gasteiger partial charge is 0.276 e. The van der Waals surface area contributed by atoms with Gasteiger partial charge in [-0.25, -0.2) is 4.99 Å². The number of carbonyl (C=O) groups is 2. The first-order valence-corrected chi connectivity index (χ1v) is 8.70. The van der Waals surface area contributed by atoms with Crippen LogP contribution in [-0.4, -0.2) is 17.5 Å². The molecule has 2 amide bonds. The molecule has 2 heterocycles. The minimum Gasteiger partial charge on any atom is -0.324 e. The van der Waals surface area contributed by atoms with E-state index in [2.05, 4.69) is 31.1 Å². The van der Waals surface area contributed by atoms with Crippen molar-refractivity contribution in [3.8, 4) is 0 Å². The van der Waals surface area contributed by atoms with Crippen LogP contribution in [0, 0.1) is 5.92 Å². The molecule has 4 nitrogen and oxygen atoms in total. The van der Waals surface area contributed by atoms with Crippen molar-refractivity contribution in [2.45, 2.75) is 26.2 Å². The van der Waals surface area contributed by atoms with Gasteiger partial charge in [0.15, 0.2) is 0 Å². The van der Waals surface area contributed by atoms with Crippen molar-refractivity contribution in [3.63, 3.8) is 0 Å². The maximum Gasteiger partial charge on any atom is 0.276 e. The first kappa shape index (κ1) is 16.5. The van der Waals surface area contributed by atoms with Gasteiger partial charge in [0.2, 0.25) is 5.91 Å². The van der Waals surface area contributed by atoms with Crippen LogP contribution in [0.5, 0.6) is 0 Å². The fourth-order valence-electron chi connectivity index (χ4n) is 3.47. The average Bonchev–Trinajstić information content (AvgIpc) is 3.14. The third-order valence-electron chi connectivity index (χ3n) is 4.90. The van der Waals surface area contributed by atoms with Gasteiger partial charge >= 0.3 is 0 Å². The Morgan fingerprint density at radius 1 is 0.885 bits per heavy atom. The van der Waals surface area contributed by atoms with E-state index in [1.54, 1.807) is 0 Å². The van der Waals surface area contributed by atoms with E-state index in [0.717, 1.165) is 11.1 Å². The molecule has 1 unspecified atom stereocenters. The summed E-state index contributed by atoms with van der Waals surface area (Å²) in [5, 5.41) is 2.88. The maximum absolute atomic E-state index is 12.6. The highest BCUT2D eigenvalue weighted by molar-refractivity contribution is 6.33. The molecule has 0 aliphatic carbocycles. The summed E-state index contributed by atoms with van der Waals surface area (Å²) in [6.45, 7) is 6.45. The van der Waals surface area contributed by atoms with E-state index in [4.69, 9.17) is 0 Å². The SMILES string of the molecule is CC(C)(C)c1ccc(C2=NC(=O)C3=C(c4ccccc4)NC(=O)C23)cc1. The molecule has 0 radical (unpaired) electrons. The van der Waals surface area contributed by atoms with Gasteiger partial charge in [0, 0.05) is 0 Å². The van der Waals surface area contributed by atoms with Crippen LogP contribution in [0.2, 0.25) is 0 Å². The maximum atomic E-state index is 12.6. The highest BCUT2D eigenvalue weighted by atomic mass is 16.2. The molecule has 0 spiro atoms. The lowest BCUT2D eigenvalue weighted by Crippen LogP contribution is -2.26. The van der Waals surface area contributed by atoms with Crippen LogP contribution in [0.4, 0.5) is 0 Å². The van der Waals surface area contributed by atoms with Crippen molar-refractivity contribution < 1.29 is 9.59 Å². The zero-order chi connectivity index (χ0) is 18.5. The number of benzene rings is 2. The van der Waals surface area contributed by atoms with Crippen LogP contribution < -0.4 is 5.32 Å². The number of amides is 2. The lowest BCUT2D eigenvalue weighted by atomic mass is 9.85. The Kier molecular flexibility index (Phi) is 3.65. The zero-order valence-corrected chi connectivity index (χ0v) is 15.0. The van der Waals surface area contributed by atoms with Crippen LogP contribution in [0.15, 0.2) is 65.2 Å². The monoisotopic (exact) mass is 344 g/mol. The Labute approximate surface area is 152 Å². The van der Waals surface area contributed by atoms with Crippen molar-refractivity contribution in [2.75, 3.05) is 0 Å². The summed E-state index contributed by atoms with van der Waals surface area (Å²) >= 11 is 0. The number of nitrogens with zero attached hydrogens (tertiary/aromatic N) is 1. The van der Waals surface area contributed by atoms with Crippen LogP contribution in [0.3, 0.4) is 0 Å². The van der Waals surface area contributed by atoms with E-state index < -0.39 is 5.92 Å². The Bertz CT molecular complexity index is 961. The van der Waals surface area contributed by atoms with Gasteiger partial charge in [-0.1, -0.05) is 75.4 Å².